The number of nitrogens with two attached hydrogens (primary N) is 1. The average molecular weight is 253 g/mol. The number of ether oxygens (including phenoxy) is 1. The average Bonchev–Trinajstić information content (AvgIpc) is 2.60. The number of halogens is 1. The van der Waals surface area contributed by atoms with Crippen LogP contribution in [0.15, 0.2) is 16.5 Å². The monoisotopic (exact) mass is 252 g/mol. The van der Waals surface area contributed by atoms with E-state index in [0.29, 0.717) is 16.5 Å². The molecule has 0 spiro atoms. The Hall–Kier alpha value is -1.68. The molecular weight excluding hydrogens is 240 g/mol. The molecule has 1 aromatic heterocycles. The van der Waals surface area contributed by atoms with Crippen molar-refractivity contribution in [1.29, 1.82) is 0 Å². The summed E-state index contributed by atoms with van der Waals surface area (Å²) in [5.74, 6) is 1.28. The number of anilines is 1. The van der Waals surface area contributed by atoms with E-state index in [-0.39, 0.29) is 6.01 Å². The third-order valence-electron chi connectivity index (χ3n) is 2.56. The van der Waals surface area contributed by atoms with Crippen LogP contribution in [0.4, 0.5) is 6.01 Å². The summed E-state index contributed by atoms with van der Waals surface area (Å²) < 4.78 is 10.5. The van der Waals surface area contributed by atoms with E-state index < -0.39 is 0 Å². The van der Waals surface area contributed by atoms with Gasteiger partial charge in [0.05, 0.1) is 17.8 Å². The Bertz CT molecular complexity index is 564. The highest BCUT2D eigenvalue weighted by molar-refractivity contribution is 6.32. The second-order valence-corrected chi connectivity index (χ2v) is 4.18. The second kappa shape index (κ2) is 4.30. The maximum absolute atomic E-state index is 6.09. The molecule has 0 aliphatic rings. The number of aryl methyl sites for hydroxylation is 2. The molecule has 5 heteroatoms. The number of hydrogen-bond donors (Lipinski definition) is 1. The first kappa shape index (κ1) is 11.8. The van der Waals surface area contributed by atoms with Crippen molar-refractivity contribution >= 4 is 17.6 Å². The van der Waals surface area contributed by atoms with Crippen LogP contribution in [0.2, 0.25) is 5.02 Å². The highest BCUT2D eigenvalue weighted by atomic mass is 35.5. The first-order chi connectivity index (χ1) is 8.02. The molecule has 0 saturated carbocycles. The van der Waals surface area contributed by atoms with E-state index in [4.69, 9.17) is 26.5 Å². The molecule has 0 radical (unpaired) electrons. The highest BCUT2D eigenvalue weighted by Crippen LogP contribution is 2.35. The normalized spacial score (nSPS) is 10.6. The molecule has 2 rings (SSSR count). The maximum Gasteiger partial charge on any atom is 0.292 e. The lowest BCUT2D eigenvalue weighted by Crippen LogP contribution is -1.89. The number of nitrogens with zero attached hydrogens (tertiary/aromatic N) is 1. The minimum atomic E-state index is 0.156. The summed E-state index contributed by atoms with van der Waals surface area (Å²) in [5.41, 5.74) is 8.13. The van der Waals surface area contributed by atoms with Crippen LogP contribution in [0.5, 0.6) is 5.75 Å². The van der Waals surface area contributed by atoms with Gasteiger partial charge in [-0.3, -0.25) is 0 Å². The lowest BCUT2D eigenvalue weighted by Gasteiger charge is -2.08. The number of oxazole rings is 1. The van der Waals surface area contributed by atoms with Gasteiger partial charge in [-0.25, -0.2) is 0 Å². The van der Waals surface area contributed by atoms with Gasteiger partial charge in [0.1, 0.15) is 5.75 Å². The molecular formula is C12H13ClN2O2. The fraction of sp³-hybridized carbons (Fsp3) is 0.250. The van der Waals surface area contributed by atoms with Crippen LogP contribution in [0.1, 0.15) is 11.3 Å². The quantitative estimate of drug-likeness (QED) is 0.892. The maximum atomic E-state index is 6.09. The van der Waals surface area contributed by atoms with Crippen LogP contribution in [0.3, 0.4) is 0 Å². The summed E-state index contributed by atoms with van der Waals surface area (Å²) in [5, 5.41) is 0.530. The Morgan fingerprint density at radius 3 is 2.59 bits per heavy atom. The Morgan fingerprint density at radius 1 is 1.35 bits per heavy atom. The zero-order valence-corrected chi connectivity index (χ0v) is 10.6. The van der Waals surface area contributed by atoms with E-state index in [1.807, 2.05) is 19.9 Å². The minimum Gasteiger partial charge on any atom is -0.495 e. The Kier molecular flexibility index (Phi) is 2.98. The summed E-state index contributed by atoms with van der Waals surface area (Å²) in [6.07, 6.45) is 0. The smallest absolute Gasteiger partial charge is 0.292 e. The summed E-state index contributed by atoms with van der Waals surface area (Å²) in [4.78, 5) is 4.04. The van der Waals surface area contributed by atoms with Crippen molar-refractivity contribution in [3.8, 4) is 17.1 Å². The van der Waals surface area contributed by atoms with Crippen molar-refractivity contribution in [1.82, 2.24) is 4.98 Å². The number of rotatable bonds is 2. The third-order valence-corrected chi connectivity index (χ3v) is 2.85. The molecule has 90 valence electrons. The van der Waals surface area contributed by atoms with E-state index >= 15 is 0 Å². The molecule has 0 unspecified atom stereocenters. The zero-order chi connectivity index (χ0) is 12.6. The summed E-state index contributed by atoms with van der Waals surface area (Å²) in [6.45, 7) is 3.79. The van der Waals surface area contributed by atoms with E-state index in [9.17, 15) is 0 Å². The van der Waals surface area contributed by atoms with E-state index in [1.54, 1.807) is 13.2 Å². The Balaban J connectivity index is 2.60. The van der Waals surface area contributed by atoms with E-state index in [1.165, 1.54) is 0 Å². The summed E-state index contributed by atoms with van der Waals surface area (Å²) in [7, 11) is 1.58. The highest BCUT2D eigenvalue weighted by Gasteiger charge is 2.15. The fourth-order valence-corrected chi connectivity index (χ4v) is 1.96. The van der Waals surface area contributed by atoms with Crippen molar-refractivity contribution in [2.75, 3.05) is 12.8 Å². The number of benzene rings is 1. The third kappa shape index (κ3) is 2.08. The molecule has 1 heterocycles. The molecule has 2 N–H and O–H groups in total. The predicted octanol–water partition coefficient (Wildman–Crippen LogP) is 3.20. The molecule has 0 bridgehead atoms. The lowest BCUT2D eigenvalue weighted by molar-refractivity contribution is 0.414. The van der Waals surface area contributed by atoms with Crippen molar-refractivity contribution in [3.05, 3.63) is 28.4 Å². The van der Waals surface area contributed by atoms with Crippen molar-refractivity contribution in [2.45, 2.75) is 13.8 Å². The van der Waals surface area contributed by atoms with Gasteiger partial charge < -0.3 is 14.9 Å². The molecule has 0 fully saturated rings. The second-order valence-electron chi connectivity index (χ2n) is 3.77. The van der Waals surface area contributed by atoms with Crippen molar-refractivity contribution in [2.24, 2.45) is 0 Å². The molecule has 17 heavy (non-hydrogen) atoms. The first-order valence-electron chi connectivity index (χ1n) is 5.10. The van der Waals surface area contributed by atoms with Gasteiger partial charge in [0, 0.05) is 5.56 Å². The van der Waals surface area contributed by atoms with Crippen molar-refractivity contribution < 1.29 is 9.15 Å². The zero-order valence-electron chi connectivity index (χ0n) is 9.87. The Labute approximate surface area is 104 Å². The molecule has 0 amide bonds. The largest absolute Gasteiger partial charge is 0.495 e. The molecule has 1 aromatic carbocycles. The molecule has 0 atom stereocenters. The standard InChI is InChI=1S/C12H13ClN2O2/c1-6-4-10(16-3)9(13)5-8(6)11-7(2)15-12(14)17-11/h4-5H,1-3H3,(H2,14,15). The molecule has 4 nitrogen and oxygen atoms in total. The van der Waals surface area contributed by atoms with Gasteiger partial charge in [0.15, 0.2) is 5.76 Å². The van der Waals surface area contributed by atoms with Crippen molar-refractivity contribution in [3.63, 3.8) is 0 Å². The van der Waals surface area contributed by atoms with Crippen LogP contribution in [0.25, 0.3) is 11.3 Å². The van der Waals surface area contributed by atoms with E-state index in [2.05, 4.69) is 4.98 Å². The van der Waals surface area contributed by atoms with Gasteiger partial charge in [-0.1, -0.05) is 11.6 Å². The SMILES string of the molecule is COc1cc(C)c(-c2oc(N)nc2C)cc1Cl. The van der Waals surface area contributed by atoms with Crippen LogP contribution < -0.4 is 10.5 Å². The number of methoxy groups -OCH3 is 1. The summed E-state index contributed by atoms with van der Waals surface area (Å²) >= 11 is 6.09. The summed E-state index contributed by atoms with van der Waals surface area (Å²) in [6, 6.07) is 3.81. The van der Waals surface area contributed by atoms with Gasteiger partial charge in [0.2, 0.25) is 0 Å². The minimum absolute atomic E-state index is 0.156. The molecule has 0 saturated heterocycles. The van der Waals surface area contributed by atoms with Gasteiger partial charge in [-0.2, -0.15) is 4.98 Å². The van der Waals surface area contributed by atoms with Gasteiger partial charge in [0.25, 0.3) is 6.01 Å². The number of aromatic nitrogens is 1. The first-order valence-corrected chi connectivity index (χ1v) is 5.48. The van der Waals surface area contributed by atoms with Gasteiger partial charge >= 0.3 is 0 Å². The number of hydrogen-bond acceptors (Lipinski definition) is 4. The van der Waals surface area contributed by atoms with Crippen LogP contribution in [-0.2, 0) is 0 Å². The van der Waals surface area contributed by atoms with Crippen LogP contribution >= 0.6 is 11.6 Å². The van der Waals surface area contributed by atoms with E-state index in [0.717, 1.165) is 16.8 Å². The van der Waals surface area contributed by atoms with Gasteiger partial charge in [-0.15, -0.1) is 0 Å². The Morgan fingerprint density at radius 2 is 2.06 bits per heavy atom. The lowest BCUT2D eigenvalue weighted by atomic mass is 10.1. The molecule has 2 aromatic rings. The van der Waals surface area contributed by atoms with Gasteiger partial charge in [-0.05, 0) is 31.5 Å². The van der Waals surface area contributed by atoms with Crippen LogP contribution in [-0.4, -0.2) is 12.1 Å². The fourth-order valence-electron chi connectivity index (χ4n) is 1.72. The van der Waals surface area contributed by atoms with Crippen LogP contribution in [0, 0.1) is 13.8 Å². The topological polar surface area (TPSA) is 61.3 Å². The molecule has 0 aliphatic carbocycles. The number of nitrogen functional groups attached to an aromatic ring is 1. The molecule has 0 aliphatic heterocycles. The predicted molar refractivity (Wildman–Crippen MR) is 67.4 cm³/mol.